The predicted molar refractivity (Wildman–Crippen MR) is 81.9 cm³/mol. The van der Waals surface area contributed by atoms with Gasteiger partial charge in [0, 0.05) is 5.92 Å². The average Bonchev–Trinajstić information content (AvgIpc) is 2.41. The van der Waals surface area contributed by atoms with Gasteiger partial charge in [0.1, 0.15) is 15.8 Å². The van der Waals surface area contributed by atoms with E-state index in [4.69, 9.17) is 4.36 Å². The van der Waals surface area contributed by atoms with E-state index in [9.17, 15) is 4.55 Å². The monoisotopic (exact) mass is 283 g/mol. The van der Waals surface area contributed by atoms with E-state index in [-0.39, 0.29) is 5.25 Å². The molecule has 0 bridgehead atoms. The van der Waals surface area contributed by atoms with Crippen molar-refractivity contribution in [3.8, 4) is 0 Å². The molecule has 20 heavy (non-hydrogen) atoms. The van der Waals surface area contributed by atoms with Gasteiger partial charge in [-0.1, -0.05) is 35.9 Å². The highest BCUT2D eigenvalue weighted by molar-refractivity contribution is 8.00. The van der Waals surface area contributed by atoms with Gasteiger partial charge in [-0.15, -0.1) is 4.36 Å². The Kier molecular flexibility index (Phi) is 2.63. The minimum absolute atomic E-state index is 0.194. The second kappa shape index (κ2) is 4.27. The van der Waals surface area contributed by atoms with E-state index in [1.807, 2.05) is 36.4 Å². The fraction of sp³-hybridized carbons (Fsp3) is 0.294. The number of aryl methyl sites for hydroxylation is 1. The van der Waals surface area contributed by atoms with Crippen LogP contribution >= 0.6 is 0 Å². The van der Waals surface area contributed by atoms with E-state index in [0.717, 1.165) is 23.4 Å². The lowest BCUT2D eigenvalue weighted by atomic mass is 9.78. The van der Waals surface area contributed by atoms with Crippen LogP contribution in [0.4, 0.5) is 5.69 Å². The van der Waals surface area contributed by atoms with Gasteiger partial charge in [-0.05, 0) is 53.6 Å². The molecule has 0 amide bonds. The van der Waals surface area contributed by atoms with E-state index in [1.165, 1.54) is 11.1 Å². The normalized spacial score (nSPS) is 30.7. The molecule has 102 valence electrons. The first-order valence-corrected chi connectivity index (χ1v) is 8.68. The summed E-state index contributed by atoms with van der Waals surface area (Å²) >= 11 is 0. The Labute approximate surface area is 120 Å². The van der Waals surface area contributed by atoms with Crippen molar-refractivity contribution in [2.45, 2.75) is 35.8 Å². The average molecular weight is 283 g/mol. The molecule has 1 aliphatic heterocycles. The summed E-state index contributed by atoms with van der Waals surface area (Å²) in [7, 11) is -2.31. The van der Waals surface area contributed by atoms with Crippen LogP contribution in [0.15, 0.2) is 57.8 Å². The van der Waals surface area contributed by atoms with Gasteiger partial charge in [-0.25, -0.2) is 0 Å². The van der Waals surface area contributed by atoms with E-state index in [0.29, 0.717) is 5.92 Å². The molecule has 0 radical (unpaired) electrons. The molecule has 0 aromatic heterocycles. The molecule has 1 unspecified atom stereocenters. The van der Waals surface area contributed by atoms with Crippen LogP contribution in [0.3, 0.4) is 0 Å². The zero-order valence-corrected chi connectivity index (χ0v) is 12.3. The topological polar surface area (TPSA) is 35.4 Å². The van der Waals surface area contributed by atoms with Crippen LogP contribution in [0, 0.1) is 6.92 Å². The van der Waals surface area contributed by atoms with Crippen LogP contribution in [0.5, 0.6) is 0 Å². The maximum atomic E-state index is 13.5. The number of hydrogen-bond donors (Lipinski definition) is 0. The van der Waals surface area contributed by atoms with Gasteiger partial charge in [-0.3, -0.25) is 0 Å². The summed E-state index contributed by atoms with van der Waals surface area (Å²) in [4.78, 5) is 0.890. The molecule has 0 saturated heterocycles. The second-order valence-electron chi connectivity index (χ2n) is 5.76. The minimum atomic E-state index is -2.31. The van der Waals surface area contributed by atoms with Crippen molar-refractivity contribution in [1.29, 1.82) is 0 Å². The predicted octanol–water partition coefficient (Wildman–Crippen LogP) is 4.41. The summed E-state index contributed by atoms with van der Waals surface area (Å²) in [5.74, 6) is 0.426. The Hall–Kier alpha value is -1.45. The van der Waals surface area contributed by atoms with Crippen molar-refractivity contribution in [2.24, 2.45) is 4.36 Å². The molecule has 1 saturated carbocycles. The van der Waals surface area contributed by atoms with Gasteiger partial charge in [0.15, 0.2) is 0 Å². The highest BCUT2D eigenvalue weighted by Crippen LogP contribution is 2.53. The fourth-order valence-electron chi connectivity index (χ4n) is 3.32. The first kappa shape index (κ1) is 12.3. The molecular formula is C17H17NOS. The maximum absolute atomic E-state index is 13.5. The fourth-order valence-corrected chi connectivity index (χ4v) is 6.10. The van der Waals surface area contributed by atoms with Gasteiger partial charge in [0.25, 0.3) is 0 Å². The second-order valence-corrected chi connectivity index (χ2v) is 8.15. The highest BCUT2D eigenvalue weighted by atomic mass is 32.3. The van der Waals surface area contributed by atoms with E-state index in [1.54, 1.807) is 0 Å². The lowest BCUT2D eigenvalue weighted by Gasteiger charge is -2.45. The summed E-state index contributed by atoms with van der Waals surface area (Å²) in [5.41, 5.74) is 3.50. The first-order valence-electron chi connectivity index (χ1n) is 7.10. The van der Waals surface area contributed by atoms with Gasteiger partial charge in [0.05, 0.1) is 0 Å². The van der Waals surface area contributed by atoms with Gasteiger partial charge < -0.3 is 4.55 Å². The molecular weight excluding hydrogens is 266 g/mol. The third-order valence-electron chi connectivity index (χ3n) is 4.52. The molecule has 0 spiro atoms. The number of rotatable bonds is 1. The van der Waals surface area contributed by atoms with Crippen LogP contribution in [-0.2, 0) is 10.1 Å². The Bertz CT molecular complexity index is 723. The van der Waals surface area contributed by atoms with Crippen LogP contribution in [0.1, 0.15) is 29.9 Å². The van der Waals surface area contributed by atoms with Gasteiger partial charge in [0.2, 0.25) is 0 Å². The summed E-state index contributed by atoms with van der Waals surface area (Å²) < 4.78 is 18.2. The van der Waals surface area contributed by atoms with Crippen molar-refractivity contribution in [2.75, 3.05) is 0 Å². The lowest BCUT2D eigenvalue weighted by molar-refractivity contribution is 0.401. The van der Waals surface area contributed by atoms with Crippen LogP contribution in [0.2, 0.25) is 0 Å². The molecule has 2 aliphatic rings. The number of fused-ring (bicyclic) bond motifs is 3. The minimum Gasteiger partial charge on any atom is -0.626 e. The van der Waals surface area contributed by atoms with Gasteiger partial charge >= 0.3 is 0 Å². The molecule has 1 fully saturated rings. The number of benzene rings is 2. The summed E-state index contributed by atoms with van der Waals surface area (Å²) in [5, 5.41) is 0.194. The van der Waals surface area contributed by atoms with Crippen LogP contribution in [0.25, 0.3) is 0 Å². The van der Waals surface area contributed by atoms with E-state index in [2.05, 4.69) is 19.1 Å². The summed E-state index contributed by atoms with van der Waals surface area (Å²) in [6, 6.07) is 16.1. The molecule has 2 aromatic carbocycles. The Morgan fingerprint density at radius 1 is 1.10 bits per heavy atom. The Morgan fingerprint density at radius 3 is 2.60 bits per heavy atom. The molecule has 3 atom stereocenters. The number of nitrogens with zero attached hydrogens (tertiary/aromatic N) is 1. The SMILES string of the molecule is Cc1ccc2c(c1)[C@@H]1CC[C@@H]1[S+]([O-])(c1ccccc1)=N2. The third-order valence-corrected chi connectivity index (χ3v) is 7.32. The van der Waals surface area contributed by atoms with Crippen molar-refractivity contribution in [3.63, 3.8) is 0 Å². The molecule has 2 nitrogen and oxygen atoms in total. The largest absolute Gasteiger partial charge is 0.626 e. The number of hydrogen-bond acceptors (Lipinski definition) is 2. The zero-order chi connectivity index (χ0) is 13.7. The van der Waals surface area contributed by atoms with E-state index < -0.39 is 10.1 Å². The van der Waals surface area contributed by atoms with Crippen LogP contribution in [-0.4, -0.2) is 9.80 Å². The first-order chi connectivity index (χ1) is 9.68. The molecule has 3 heteroatoms. The molecule has 0 N–H and O–H groups in total. The highest BCUT2D eigenvalue weighted by Gasteiger charge is 2.48. The zero-order valence-electron chi connectivity index (χ0n) is 11.5. The molecule has 1 heterocycles. The lowest BCUT2D eigenvalue weighted by Crippen LogP contribution is -2.43. The standard InChI is InChI=1S/C17H17NOS/c1-12-7-9-16-15(11-12)14-8-10-17(14)20(19,18-16)13-5-3-2-4-6-13/h2-7,9,11,14,17H,8,10H2,1H3/t14-,17-,20?/m0/s1. The Balaban J connectivity index is 1.95. The summed E-state index contributed by atoms with van der Waals surface area (Å²) in [6.45, 7) is 2.11. The van der Waals surface area contributed by atoms with Gasteiger partial charge in [-0.2, -0.15) is 0 Å². The van der Waals surface area contributed by atoms with Crippen molar-refractivity contribution in [1.82, 2.24) is 0 Å². The quantitative estimate of drug-likeness (QED) is 0.714. The van der Waals surface area contributed by atoms with Crippen molar-refractivity contribution >= 4 is 15.8 Å². The molecule has 2 aromatic rings. The molecule has 4 rings (SSSR count). The molecule has 1 aliphatic carbocycles. The smallest absolute Gasteiger partial charge is 0.137 e. The Morgan fingerprint density at radius 2 is 1.90 bits per heavy atom. The summed E-state index contributed by atoms with van der Waals surface area (Å²) in [6.07, 6.45) is 2.16. The van der Waals surface area contributed by atoms with Crippen molar-refractivity contribution < 1.29 is 4.55 Å². The van der Waals surface area contributed by atoms with Crippen molar-refractivity contribution in [3.05, 3.63) is 59.7 Å². The maximum Gasteiger partial charge on any atom is 0.137 e. The third kappa shape index (κ3) is 1.63. The van der Waals surface area contributed by atoms with Crippen LogP contribution < -0.4 is 0 Å². The van der Waals surface area contributed by atoms with E-state index >= 15 is 0 Å².